The molecule has 98 valence electrons. The largest absolute Gasteiger partial charge is 0.312 e. The van der Waals surface area contributed by atoms with Crippen LogP contribution in [-0.2, 0) is 12.0 Å². The van der Waals surface area contributed by atoms with Crippen LogP contribution in [0.1, 0.15) is 72.0 Å². The van der Waals surface area contributed by atoms with Crippen molar-refractivity contribution in [2.75, 3.05) is 0 Å². The Morgan fingerprint density at radius 2 is 1.71 bits per heavy atom. The Bertz CT molecular complexity index is 310. The minimum absolute atomic E-state index is 0.0983. The molecule has 0 N–H and O–H groups in total. The smallest absolute Gasteiger partial charge is 0.133 e. The van der Waals surface area contributed by atoms with Gasteiger partial charge in [-0.05, 0) is 27.2 Å². The van der Waals surface area contributed by atoms with Crippen LogP contribution in [-0.4, -0.2) is 14.8 Å². The third-order valence-electron chi connectivity index (χ3n) is 3.10. The van der Waals surface area contributed by atoms with Gasteiger partial charge >= 0.3 is 0 Å². The van der Waals surface area contributed by atoms with E-state index in [4.69, 9.17) is 0 Å². The van der Waals surface area contributed by atoms with E-state index >= 15 is 0 Å². The van der Waals surface area contributed by atoms with Crippen LogP contribution in [0.25, 0.3) is 0 Å². The fourth-order valence-electron chi connectivity index (χ4n) is 2.05. The van der Waals surface area contributed by atoms with E-state index in [1.807, 2.05) is 6.33 Å². The van der Waals surface area contributed by atoms with Gasteiger partial charge in [-0.25, -0.2) is 0 Å². The Morgan fingerprint density at radius 3 is 2.35 bits per heavy atom. The van der Waals surface area contributed by atoms with Crippen molar-refractivity contribution in [3.63, 3.8) is 0 Å². The lowest BCUT2D eigenvalue weighted by atomic mass is 10.1. The van der Waals surface area contributed by atoms with E-state index < -0.39 is 0 Å². The van der Waals surface area contributed by atoms with Crippen LogP contribution < -0.4 is 0 Å². The molecule has 0 radical (unpaired) electrons. The summed E-state index contributed by atoms with van der Waals surface area (Å²) in [6.45, 7) is 8.84. The first-order valence-corrected chi connectivity index (χ1v) is 6.95. The number of nitrogens with zero attached hydrogens (tertiary/aromatic N) is 3. The molecule has 3 nitrogen and oxygen atoms in total. The molecule has 1 rings (SSSR count). The van der Waals surface area contributed by atoms with E-state index in [2.05, 4.69) is 42.5 Å². The summed E-state index contributed by atoms with van der Waals surface area (Å²) < 4.78 is 2.19. The molecular formula is C14H27N3. The van der Waals surface area contributed by atoms with Crippen molar-refractivity contribution >= 4 is 0 Å². The van der Waals surface area contributed by atoms with Crippen molar-refractivity contribution in [3.8, 4) is 0 Å². The highest BCUT2D eigenvalue weighted by atomic mass is 15.3. The van der Waals surface area contributed by atoms with Crippen LogP contribution in [0.15, 0.2) is 6.33 Å². The van der Waals surface area contributed by atoms with Crippen LogP contribution in [0.4, 0.5) is 0 Å². The number of aromatic nitrogens is 3. The Kier molecular flexibility index (Phi) is 5.66. The minimum Gasteiger partial charge on any atom is -0.312 e. The van der Waals surface area contributed by atoms with E-state index in [0.717, 1.165) is 12.2 Å². The zero-order valence-electron chi connectivity index (χ0n) is 11.9. The van der Waals surface area contributed by atoms with Crippen molar-refractivity contribution < 1.29 is 0 Å². The van der Waals surface area contributed by atoms with Crippen molar-refractivity contribution in [1.82, 2.24) is 14.8 Å². The molecule has 1 aromatic heterocycles. The average molecular weight is 237 g/mol. The third kappa shape index (κ3) is 4.88. The van der Waals surface area contributed by atoms with Gasteiger partial charge in [0, 0.05) is 12.0 Å². The maximum atomic E-state index is 4.23. The fraction of sp³-hybridized carbons (Fsp3) is 0.857. The summed E-state index contributed by atoms with van der Waals surface area (Å²) in [5.74, 6) is 1.13. The molecule has 1 aromatic rings. The molecule has 0 aliphatic carbocycles. The lowest BCUT2D eigenvalue weighted by molar-refractivity contribution is 0.379. The number of unbranched alkanes of at least 4 members (excludes halogenated alkanes) is 5. The molecule has 0 amide bonds. The van der Waals surface area contributed by atoms with Crippen molar-refractivity contribution in [1.29, 1.82) is 0 Å². The predicted octanol–water partition coefficient (Wildman–Crippen LogP) is 3.94. The maximum Gasteiger partial charge on any atom is 0.133 e. The number of hydrogen-bond acceptors (Lipinski definition) is 2. The quantitative estimate of drug-likeness (QED) is 0.673. The SMILES string of the molecule is CCCCCCCCc1nncn1C(C)(C)C. The second-order valence-electron chi connectivity index (χ2n) is 5.81. The predicted molar refractivity (Wildman–Crippen MR) is 72.1 cm³/mol. The molecule has 0 saturated carbocycles. The number of hydrogen-bond donors (Lipinski definition) is 0. The van der Waals surface area contributed by atoms with Gasteiger partial charge in [0.05, 0.1) is 0 Å². The lowest BCUT2D eigenvalue weighted by Gasteiger charge is -2.22. The monoisotopic (exact) mass is 237 g/mol. The number of rotatable bonds is 7. The zero-order valence-corrected chi connectivity index (χ0v) is 11.9. The Hall–Kier alpha value is -0.860. The molecule has 1 heterocycles. The van der Waals surface area contributed by atoms with Crippen molar-refractivity contribution in [2.24, 2.45) is 0 Å². The summed E-state index contributed by atoms with van der Waals surface area (Å²) in [5.41, 5.74) is 0.0983. The van der Waals surface area contributed by atoms with E-state index in [9.17, 15) is 0 Å². The van der Waals surface area contributed by atoms with Gasteiger partial charge in [-0.15, -0.1) is 10.2 Å². The Balaban J connectivity index is 2.30. The minimum atomic E-state index is 0.0983. The van der Waals surface area contributed by atoms with Crippen molar-refractivity contribution in [2.45, 2.75) is 78.2 Å². The van der Waals surface area contributed by atoms with Gasteiger partial charge in [-0.1, -0.05) is 39.0 Å². The standard InChI is InChI=1S/C14H27N3/c1-5-6-7-8-9-10-11-13-16-15-12-17(13)14(2,3)4/h12H,5-11H2,1-4H3. The highest BCUT2D eigenvalue weighted by molar-refractivity contribution is 4.92. The van der Waals surface area contributed by atoms with Gasteiger partial charge < -0.3 is 4.57 Å². The van der Waals surface area contributed by atoms with Gasteiger partial charge in [0.15, 0.2) is 0 Å². The molecule has 17 heavy (non-hydrogen) atoms. The zero-order chi connectivity index (χ0) is 12.7. The molecule has 0 spiro atoms. The summed E-state index contributed by atoms with van der Waals surface area (Å²) in [4.78, 5) is 0. The first kappa shape index (κ1) is 14.2. The molecule has 0 aromatic carbocycles. The van der Waals surface area contributed by atoms with Crippen molar-refractivity contribution in [3.05, 3.63) is 12.2 Å². The molecule has 3 heteroatoms. The molecule has 0 fully saturated rings. The normalized spacial score (nSPS) is 12.0. The highest BCUT2D eigenvalue weighted by Gasteiger charge is 2.16. The first-order valence-electron chi connectivity index (χ1n) is 6.95. The third-order valence-corrected chi connectivity index (χ3v) is 3.10. The van der Waals surface area contributed by atoms with Gasteiger partial charge in [0.25, 0.3) is 0 Å². The highest BCUT2D eigenvalue weighted by Crippen LogP contribution is 2.16. The average Bonchev–Trinajstić information content (AvgIpc) is 2.71. The second-order valence-corrected chi connectivity index (χ2v) is 5.81. The van der Waals surface area contributed by atoms with E-state index in [0.29, 0.717) is 0 Å². The Morgan fingerprint density at radius 1 is 1.06 bits per heavy atom. The van der Waals surface area contributed by atoms with Crippen LogP contribution >= 0.6 is 0 Å². The summed E-state index contributed by atoms with van der Waals surface area (Å²) >= 11 is 0. The summed E-state index contributed by atoms with van der Waals surface area (Å²) in [6, 6.07) is 0. The van der Waals surface area contributed by atoms with Crippen LogP contribution in [0.3, 0.4) is 0 Å². The molecule has 0 unspecified atom stereocenters. The first-order chi connectivity index (χ1) is 8.05. The molecule has 0 aliphatic rings. The van der Waals surface area contributed by atoms with E-state index in [-0.39, 0.29) is 5.54 Å². The van der Waals surface area contributed by atoms with Crippen LogP contribution in [0, 0.1) is 0 Å². The Labute approximate surface area is 106 Å². The molecule has 0 aliphatic heterocycles. The second kappa shape index (κ2) is 6.77. The van der Waals surface area contributed by atoms with Gasteiger partial charge in [0.2, 0.25) is 0 Å². The molecular weight excluding hydrogens is 210 g/mol. The topological polar surface area (TPSA) is 30.7 Å². The van der Waals surface area contributed by atoms with Gasteiger partial charge in [-0.2, -0.15) is 0 Å². The van der Waals surface area contributed by atoms with E-state index in [1.165, 1.54) is 38.5 Å². The lowest BCUT2D eigenvalue weighted by Crippen LogP contribution is -2.23. The van der Waals surface area contributed by atoms with Gasteiger partial charge in [-0.3, -0.25) is 0 Å². The van der Waals surface area contributed by atoms with E-state index in [1.54, 1.807) is 0 Å². The molecule has 0 bridgehead atoms. The molecule has 0 saturated heterocycles. The summed E-state index contributed by atoms with van der Waals surface area (Å²) in [7, 11) is 0. The summed E-state index contributed by atoms with van der Waals surface area (Å²) in [5, 5.41) is 8.26. The van der Waals surface area contributed by atoms with Crippen LogP contribution in [0.5, 0.6) is 0 Å². The summed E-state index contributed by atoms with van der Waals surface area (Å²) in [6.07, 6.45) is 10.9. The number of aryl methyl sites for hydroxylation is 1. The molecule has 0 atom stereocenters. The van der Waals surface area contributed by atoms with Gasteiger partial charge in [0.1, 0.15) is 12.2 Å². The van der Waals surface area contributed by atoms with Crippen LogP contribution in [0.2, 0.25) is 0 Å². The fourth-order valence-corrected chi connectivity index (χ4v) is 2.05. The maximum absolute atomic E-state index is 4.23.